The van der Waals surface area contributed by atoms with Crippen molar-refractivity contribution >= 4 is 11.8 Å². The molecule has 13 heavy (non-hydrogen) atoms. The number of methoxy groups -OCH3 is 1. The lowest BCUT2D eigenvalue weighted by molar-refractivity contribution is -0.124. The fourth-order valence-corrected chi connectivity index (χ4v) is 0.763. The lowest BCUT2D eigenvalue weighted by atomic mass is 10.4. The van der Waals surface area contributed by atoms with Crippen LogP contribution >= 0.6 is 0 Å². The summed E-state index contributed by atoms with van der Waals surface area (Å²) in [5.41, 5.74) is 0. The number of ether oxygens (including phenoxy) is 1. The van der Waals surface area contributed by atoms with E-state index in [1.165, 1.54) is 14.0 Å². The Bertz CT molecular complexity index is 171. The van der Waals surface area contributed by atoms with Crippen LogP contribution in [0, 0.1) is 0 Å². The van der Waals surface area contributed by atoms with Crippen LogP contribution in [0.3, 0.4) is 0 Å². The standard InChI is InChI=1S/C8H16N2O3/c1-7(11)9-4-3-5-10-8(12)6-13-2/h3-6H2,1-2H3,(H,9,11)(H,10,12). The van der Waals surface area contributed by atoms with Crippen molar-refractivity contribution in [2.75, 3.05) is 26.8 Å². The van der Waals surface area contributed by atoms with Gasteiger partial charge >= 0.3 is 0 Å². The molecule has 0 unspecified atom stereocenters. The maximum absolute atomic E-state index is 10.8. The number of hydrogen-bond donors (Lipinski definition) is 2. The number of nitrogens with one attached hydrogen (secondary N) is 2. The molecule has 2 N–H and O–H groups in total. The fourth-order valence-electron chi connectivity index (χ4n) is 0.763. The number of rotatable bonds is 6. The average Bonchev–Trinajstić information content (AvgIpc) is 2.03. The molecule has 0 aliphatic heterocycles. The van der Waals surface area contributed by atoms with Crippen LogP contribution in [-0.4, -0.2) is 38.6 Å². The molecule has 2 amide bonds. The Morgan fingerprint density at radius 2 is 1.85 bits per heavy atom. The number of hydrogen-bond acceptors (Lipinski definition) is 3. The third-order valence-corrected chi connectivity index (χ3v) is 1.33. The molecule has 5 heteroatoms. The van der Waals surface area contributed by atoms with Crippen LogP contribution in [-0.2, 0) is 14.3 Å². The summed E-state index contributed by atoms with van der Waals surface area (Å²) >= 11 is 0. The highest BCUT2D eigenvalue weighted by Gasteiger charge is 1.97. The Hall–Kier alpha value is -1.10. The maximum Gasteiger partial charge on any atom is 0.245 e. The molecule has 0 saturated heterocycles. The maximum atomic E-state index is 10.8. The summed E-state index contributed by atoms with van der Waals surface area (Å²) in [6, 6.07) is 0. The van der Waals surface area contributed by atoms with Crippen molar-refractivity contribution in [2.45, 2.75) is 13.3 Å². The molecular weight excluding hydrogens is 172 g/mol. The highest BCUT2D eigenvalue weighted by molar-refractivity contribution is 5.77. The Morgan fingerprint density at radius 1 is 1.23 bits per heavy atom. The van der Waals surface area contributed by atoms with Crippen LogP contribution in [0.4, 0.5) is 0 Å². The first kappa shape index (κ1) is 11.9. The van der Waals surface area contributed by atoms with Crippen molar-refractivity contribution < 1.29 is 14.3 Å². The van der Waals surface area contributed by atoms with Crippen molar-refractivity contribution in [2.24, 2.45) is 0 Å². The zero-order valence-electron chi connectivity index (χ0n) is 8.05. The van der Waals surface area contributed by atoms with Crippen LogP contribution in [0.5, 0.6) is 0 Å². The predicted octanol–water partition coefficient (Wildman–Crippen LogP) is -0.725. The zero-order chi connectivity index (χ0) is 10.1. The molecule has 0 aliphatic rings. The number of amides is 2. The van der Waals surface area contributed by atoms with E-state index in [-0.39, 0.29) is 18.4 Å². The average molecular weight is 188 g/mol. The quantitative estimate of drug-likeness (QED) is 0.540. The van der Waals surface area contributed by atoms with Crippen molar-refractivity contribution in [3.05, 3.63) is 0 Å². The minimum Gasteiger partial charge on any atom is -0.375 e. The van der Waals surface area contributed by atoms with Gasteiger partial charge in [0.05, 0.1) is 0 Å². The molecule has 0 bridgehead atoms. The van der Waals surface area contributed by atoms with E-state index in [1.807, 2.05) is 0 Å². The van der Waals surface area contributed by atoms with Gasteiger partial charge < -0.3 is 15.4 Å². The van der Waals surface area contributed by atoms with E-state index in [1.54, 1.807) is 0 Å². The fraction of sp³-hybridized carbons (Fsp3) is 0.750. The molecule has 0 aliphatic carbocycles. The van der Waals surface area contributed by atoms with E-state index in [4.69, 9.17) is 0 Å². The van der Waals surface area contributed by atoms with Gasteiger partial charge in [-0.3, -0.25) is 9.59 Å². The van der Waals surface area contributed by atoms with Gasteiger partial charge in [-0.1, -0.05) is 0 Å². The van der Waals surface area contributed by atoms with Gasteiger partial charge in [0.2, 0.25) is 11.8 Å². The van der Waals surface area contributed by atoms with Gasteiger partial charge in [0.25, 0.3) is 0 Å². The van der Waals surface area contributed by atoms with Crippen LogP contribution < -0.4 is 10.6 Å². The lowest BCUT2D eigenvalue weighted by Crippen LogP contribution is -2.30. The first-order valence-electron chi connectivity index (χ1n) is 4.17. The third-order valence-electron chi connectivity index (χ3n) is 1.33. The van der Waals surface area contributed by atoms with Gasteiger partial charge in [0, 0.05) is 27.1 Å². The van der Waals surface area contributed by atoms with E-state index in [0.717, 1.165) is 6.42 Å². The molecule has 5 nitrogen and oxygen atoms in total. The highest BCUT2D eigenvalue weighted by Crippen LogP contribution is 1.75. The van der Waals surface area contributed by atoms with Gasteiger partial charge in [0.1, 0.15) is 6.61 Å². The molecular formula is C8H16N2O3. The molecule has 0 atom stereocenters. The van der Waals surface area contributed by atoms with E-state index in [0.29, 0.717) is 13.1 Å². The highest BCUT2D eigenvalue weighted by atomic mass is 16.5. The van der Waals surface area contributed by atoms with Crippen LogP contribution in [0.2, 0.25) is 0 Å². The van der Waals surface area contributed by atoms with Crippen molar-refractivity contribution in [1.82, 2.24) is 10.6 Å². The molecule has 0 spiro atoms. The second-order valence-electron chi connectivity index (χ2n) is 2.62. The first-order chi connectivity index (χ1) is 6.16. The normalized spacial score (nSPS) is 9.38. The van der Waals surface area contributed by atoms with E-state index in [2.05, 4.69) is 15.4 Å². The number of carbonyl (C=O) groups excluding carboxylic acids is 2. The molecule has 0 fully saturated rings. The summed E-state index contributed by atoms with van der Waals surface area (Å²) in [5, 5.41) is 5.27. The van der Waals surface area contributed by atoms with Crippen LogP contribution in [0.1, 0.15) is 13.3 Å². The van der Waals surface area contributed by atoms with E-state index >= 15 is 0 Å². The smallest absolute Gasteiger partial charge is 0.245 e. The summed E-state index contributed by atoms with van der Waals surface area (Å²) in [7, 11) is 1.47. The Labute approximate surface area is 77.8 Å². The van der Waals surface area contributed by atoms with Crippen LogP contribution in [0.15, 0.2) is 0 Å². The van der Waals surface area contributed by atoms with Gasteiger partial charge in [0.15, 0.2) is 0 Å². The lowest BCUT2D eigenvalue weighted by Gasteiger charge is -2.04. The number of carbonyl (C=O) groups is 2. The van der Waals surface area contributed by atoms with Crippen molar-refractivity contribution in [3.63, 3.8) is 0 Å². The van der Waals surface area contributed by atoms with Gasteiger partial charge in [-0.25, -0.2) is 0 Å². The minimum atomic E-state index is -0.134. The van der Waals surface area contributed by atoms with E-state index < -0.39 is 0 Å². The molecule has 76 valence electrons. The predicted molar refractivity (Wildman–Crippen MR) is 48.2 cm³/mol. The largest absolute Gasteiger partial charge is 0.375 e. The Morgan fingerprint density at radius 3 is 2.38 bits per heavy atom. The Kier molecular flexibility index (Phi) is 6.91. The monoisotopic (exact) mass is 188 g/mol. The second kappa shape index (κ2) is 7.54. The van der Waals surface area contributed by atoms with Crippen molar-refractivity contribution in [3.8, 4) is 0 Å². The molecule has 0 rings (SSSR count). The summed E-state index contributed by atoms with van der Waals surface area (Å²) in [4.78, 5) is 21.2. The molecule has 0 radical (unpaired) electrons. The summed E-state index contributed by atoms with van der Waals surface area (Å²) in [5.74, 6) is -0.187. The molecule has 0 heterocycles. The third kappa shape index (κ3) is 8.81. The van der Waals surface area contributed by atoms with Crippen LogP contribution in [0.25, 0.3) is 0 Å². The molecule has 0 aromatic rings. The zero-order valence-corrected chi connectivity index (χ0v) is 8.05. The topological polar surface area (TPSA) is 67.4 Å². The summed E-state index contributed by atoms with van der Waals surface area (Å²) in [6.45, 7) is 2.69. The van der Waals surface area contributed by atoms with Gasteiger partial charge in [-0.05, 0) is 6.42 Å². The second-order valence-corrected chi connectivity index (χ2v) is 2.62. The summed E-state index contributed by atoms with van der Waals surface area (Å²) in [6.07, 6.45) is 0.731. The first-order valence-corrected chi connectivity index (χ1v) is 4.17. The summed E-state index contributed by atoms with van der Waals surface area (Å²) < 4.78 is 4.62. The van der Waals surface area contributed by atoms with E-state index in [9.17, 15) is 9.59 Å². The van der Waals surface area contributed by atoms with Gasteiger partial charge in [-0.15, -0.1) is 0 Å². The molecule has 0 aromatic heterocycles. The molecule has 0 saturated carbocycles. The molecule has 0 aromatic carbocycles. The minimum absolute atomic E-state index is 0.0526. The van der Waals surface area contributed by atoms with Crippen molar-refractivity contribution in [1.29, 1.82) is 0 Å². The van der Waals surface area contributed by atoms with Gasteiger partial charge in [-0.2, -0.15) is 0 Å². The SMILES string of the molecule is COCC(=O)NCCCNC(C)=O. The Balaban J connectivity index is 3.16.